The van der Waals surface area contributed by atoms with Crippen molar-refractivity contribution in [3.63, 3.8) is 0 Å². The SMILES string of the molecule is COc1cc(/C=C2\N=C(c3ccccc3Cl)OC2=O)cc(Cl)c1OCc1ccccc1I. The van der Waals surface area contributed by atoms with Crippen LogP contribution in [0, 0.1) is 3.57 Å². The van der Waals surface area contributed by atoms with Crippen LogP contribution in [0.1, 0.15) is 16.7 Å². The van der Waals surface area contributed by atoms with Crippen molar-refractivity contribution in [3.8, 4) is 11.5 Å². The molecule has 3 aromatic rings. The minimum absolute atomic E-state index is 0.130. The van der Waals surface area contributed by atoms with Crippen molar-refractivity contribution in [2.45, 2.75) is 6.61 Å². The number of halogens is 3. The third kappa shape index (κ3) is 4.92. The van der Waals surface area contributed by atoms with Gasteiger partial charge in [-0.3, -0.25) is 0 Å². The van der Waals surface area contributed by atoms with Crippen molar-refractivity contribution in [2.24, 2.45) is 4.99 Å². The Bertz CT molecular complexity index is 1260. The third-order valence-corrected chi connectivity index (χ3v) is 6.27. The van der Waals surface area contributed by atoms with Gasteiger partial charge in [0.05, 0.1) is 22.7 Å². The molecule has 1 aliphatic rings. The standard InChI is InChI=1S/C24H16Cl2INO4/c1-30-21-12-14(10-18(26)22(21)31-13-15-6-2-5-9-19(15)27)11-20-24(29)32-23(28-20)16-7-3-4-8-17(16)25/h2-12H,13H2,1H3/b20-11-. The number of carbonyl (C=O) groups is 1. The first kappa shape index (κ1) is 22.6. The van der Waals surface area contributed by atoms with Crippen LogP contribution in [0.25, 0.3) is 6.08 Å². The minimum Gasteiger partial charge on any atom is -0.493 e. The number of esters is 1. The third-order valence-electron chi connectivity index (χ3n) is 4.61. The zero-order valence-corrected chi connectivity index (χ0v) is 20.4. The molecule has 0 aliphatic carbocycles. The predicted molar refractivity (Wildman–Crippen MR) is 134 cm³/mol. The smallest absolute Gasteiger partial charge is 0.363 e. The van der Waals surface area contributed by atoms with Crippen molar-refractivity contribution in [1.82, 2.24) is 0 Å². The van der Waals surface area contributed by atoms with Gasteiger partial charge in [-0.15, -0.1) is 0 Å². The lowest BCUT2D eigenvalue weighted by atomic mass is 10.1. The quantitative estimate of drug-likeness (QED) is 0.189. The van der Waals surface area contributed by atoms with Crippen LogP contribution >= 0.6 is 45.8 Å². The maximum Gasteiger partial charge on any atom is 0.363 e. The van der Waals surface area contributed by atoms with Gasteiger partial charge in [-0.1, -0.05) is 53.5 Å². The Labute approximate surface area is 208 Å². The molecular formula is C24H16Cl2INO4. The summed E-state index contributed by atoms with van der Waals surface area (Å²) in [5.74, 6) is 0.443. The van der Waals surface area contributed by atoms with Crippen LogP contribution in [0.4, 0.5) is 0 Å². The monoisotopic (exact) mass is 579 g/mol. The van der Waals surface area contributed by atoms with E-state index in [9.17, 15) is 4.79 Å². The van der Waals surface area contributed by atoms with Gasteiger partial charge in [0.1, 0.15) is 6.61 Å². The molecule has 8 heteroatoms. The first-order valence-corrected chi connectivity index (χ1v) is 11.3. The Hall–Kier alpha value is -2.55. The minimum atomic E-state index is -0.575. The van der Waals surface area contributed by atoms with Gasteiger partial charge < -0.3 is 14.2 Å². The van der Waals surface area contributed by atoms with Crippen molar-refractivity contribution in [3.05, 3.63) is 96.7 Å². The highest BCUT2D eigenvalue weighted by atomic mass is 127. The Morgan fingerprint density at radius 1 is 1.06 bits per heavy atom. The molecule has 4 rings (SSSR count). The maximum absolute atomic E-state index is 12.3. The normalized spacial score (nSPS) is 14.3. The molecule has 0 N–H and O–H groups in total. The number of aliphatic imine (C=N–C) groups is 1. The van der Waals surface area contributed by atoms with Gasteiger partial charge in [-0.25, -0.2) is 9.79 Å². The molecule has 0 aromatic heterocycles. The number of rotatable bonds is 6. The van der Waals surface area contributed by atoms with Crippen LogP contribution in [0.3, 0.4) is 0 Å². The predicted octanol–water partition coefficient (Wildman–Crippen LogP) is 6.53. The van der Waals surface area contributed by atoms with Gasteiger partial charge in [0.15, 0.2) is 17.2 Å². The summed E-state index contributed by atoms with van der Waals surface area (Å²) in [5.41, 5.74) is 2.32. The second-order valence-corrected chi connectivity index (χ2v) is 8.71. The van der Waals surface area contributed by atoms with E-state index in [0.29, 0.717) is 39.3 Å². The lowest BCUT2D eigenvalue weighted by Gasteiger charge is -2.14. The van der Waals surface area contributed by atoms with Gasteiger partial charge in [0.25, 0.3) is 0 Å². The summed E-state index contributed by atoms with van der Waals surface area (Å²) < 4.78 is 17.8. The molecule has 0 spiro atoms. The first-order chi connectivity index (χ1) is 15.5. The summed E-state index contributed by atoms with van der Waals surface area (Å²) in [6.07, 6.45) is 1.57. The summed E-state index contributed by atoms with van der Waals surface area (Å²) in [4.78, 5) is 16.6. The molecule has 0 saturated heterocycles. The van der Waals surface area contributed by atoms with Gasteiger partial charge >= 0.3 is 5.97 Å². The molecule has 0 unspecified atom stereocenters. The number of hydrogen-bond donors (Lipinski definition) is 0. The topological polar surface area (TPSA) is 57.1 Å². The summed E-state index contributed by atoms with van der Waals surface area (Å²) in [5, 5.41) is 0.795. The zero-order valence-electron chi connectivity index (χ0n) is 16.8. The van der Waals surface area contributed by atoms with Gasteiger partial charge in [-0.05, 0) is 64.6 Å². The van der Waals surface area contributed by atoms with Crippen molar-refractivity contribution in [1.29, 1.82) is 0 Å². The molecule has 3 aromatic carbocycles. The fraction of sp³-hybridized carbons (Fsp3) is 0.0833. The number of methoxy groups -OCH3 is 1. The molecule has 0 saturated carbocycles. The zero-order chi connectivity index (χ0) is 22.7. The summed E-state index contributed by atoms with van der Waals surface area (Å²) >= 11 is 14.9. The molecule has 0 radical (unpaired) electrons. The van der Waals surface area contributed by atoms with Crippen LogP contribution in [0.2, 0.25) is 10.0 Å². The Kier molecular flexibility index (Phi) is 7.03. The van der Waals surface area contributed by atoms with Crippen molar-refractivity contribution in [2.75, 3.05) is 7.11 Å². The number of nitrogens with zero attached hydrogens (tertiary/aromatic N) is 1. The van der Waals surface area contributed by atoms with E-state index in [4.69, 9.17) is 37.4 Å². The molecular weight excluding hydrogens is 564 g/mol. The fourth-order valence-corrected chi connectivity index (χ4v) is 4.08. The van der Waals surface area contributed by atoms with E-state index in [2.05, 4.69) is 27.6 Å². The lowest BCUT2D eigenvalue weighted by molar-refractivity contribution is -0.129. The van der Waals surface area contributed by atoms with Gasteiger partial charge in [0, 0.05) is 9.13 Å². The molecule has 1 heterocycles. The van der Waals surface area contributed by atoms with Crippen molar-refractivity contribution >= 4 is 63.7 Å². The maximum atomic E-state index is 12.3. The molecule has 1 aliphatic heterocycles. The van der Waals surface area contributed by atoms with Crippen molar-refractivity contribution < 1.29 is 19.0 Å². The average Bonchev–Trinajstić information content (AvgIpc) is 3.14. The number of hydrogen-bond acceptors (Lipinski definition) is 5. The molecule has 32 heavy (non-hydrogen) atoms. The second-order valence-electron chi connectivity index (χ2n) is 6.73. The molecule has 162 valence electrons. The first-order valence-electron chi connectivity index (χ1n) is 9.47. The van der Waals surface area contributed by atoms with E-state index in [1.165, 1.54) is 7.11 Å². The molecule has 0 amide bonds. The van der Waals surface area contributed by atoms with Gasteiger partial charge in [0.2, 0.25) is 5.90 Å². The number of carbonyl (C=O) groups excluding carboxylic acids is 1. The Morgan fingerprint density at radius 2 is 1.81 bits per heavy atom. The number of benzene rings is 3. The van der Waals surface area contributed by atoms with E-state index in [1.54, 1.807) is 42.5 Å². The van der Waals surface area contributed by atoms with E-state index in [1.807, 2.05) is 24.3 Å². The molecule has 0 atom stereocenters. The van der Waals surface area contributed by atoms with Crippen LogP contribution in [0.15, 0.2) is 71.4 Å². The summed E-state index contributed by atoms with van der Waals surface area (Å²) in [6.45, 7) is 0.341. The summed E-state index contributed by atoms with van der Waals surface area (Å²) in [7, 11) is 1.53. The highest BCUT2D eigenvalue weighted by molar-refractivity contribution is 14.1. The lowest BCUT2D eigenvalue weighted by Crippen LogP contribution is -2.05. The van der Waals surface area contributed by atoms with E-state index < -0.39 is 5.97 Å². The number of cyclic esters (lactones) is 1. The largest absolute Gasteiger partial charge is 0.493 e. The number of ether oxygens (including phenoxy) is 3. The second kappa shape index (κ2) is 9.94. The molecule has 5 nitrogen and oxygen atoms in total. The van der Waals surface area contributed by atoms with Crippen LogP contribution in [-0.4, -0.2) is 19.0 Å². The summed E-state index contributed by atoms with van der Waals surface area (Å²) in [6, 6.07) is 18.3. The van der Waals surface area contributed by atoms with E-state index in [0.717, 1.165) is 9.13 Å². The highest BCUT2D eigenvalue weighted by Crippen LogP contribution is 2.38. The van der Waals surface area contributed by atoms with Crippen LogP contribution in [0.5, 0.6) is 11.5 Å². The van der Waals surface area contributed by atoms with Gasteiger partial charge in [-0.2, -0.15) is 0 Å². The average molecular weight is 580 g/mol. The Morgan fingerprint density at radius 3 is 2.56 bits per heavy atom. The molecule has 0 bridgehead atoms. The van der Waals surface area contributed by atoms with E-state index in [-0.39, 0.29) is 11.6 Å². The Balaban J connectivity index is 1.61. The van der Waals surface area contributed by atoms with Crippen LogP contribution < -0.4 is 9.47 Å². The van der Waals surface area contributed by atoms with Crippen LogP contribution in [-0.2, 0) is 16.1 Å². The highest BCUT2D eigenvalue weighted by Gasteiger charge is 2.25. The molecule has 0 fully saturated rings. The fourth-order valence-electron chi connectivity index (χ4n) is 3.05. The van der Waals surface area contributed by atoms with E-state index >= 15 is 0 Å².